The van der Waals surface area contributed by atoms with Crippen LogP contribution in [0.3, 0.4) is 0 Å². The summed E-state index contributed by atoms with van der Waals surface area (Å²) in [6.45, 7) is 5.74. The predicted molar refractivity (Wildman–Crippen MR) is 110 cm³/mol. The summed E-state index contributed by atoms with van der Waals surface area (Å²) in [5.41, 5.74) is 1.81. The van der Waals surface area contributed by atoms with Gasteiger partial charge < -0.3 is 19.1 Å². The third kappa shape index (κ3) is 3.47. The van der Waals surface area contributed by atoms with Crippen LogP contribution in [0.1, 0.15) is 13.8 Å². The highest BCUT2D eigenvalue weighted by Gasteiger charge is 2.26. The average Bonchev–Trinajstić information content (AvgIpc) is 2.71. The second-order valence-electron chi connectivity index (χ2n) is 7.12. The molecule has 0 radical (unpaired) electrons. The second-order valence-corrected chi connectivity index (χ2v) is 7.12. The van der Waals surface area contributed by atoms with Crippen molar-refractivity contribution >= 4 is 16.7 Å². The van der Waals surface area contributed by atoms with Crippen molar-refractivity contribution in [2.75, 3.05) is 32.2 Å². The van der Waals surface area contributed by atoms with E-state index >= 15 is 0 Å². The Morgan fingerprint density at radius 2 is 1.57 bits per heavy atom. The van der Waals surface area contributed by atoms with Gasteiger partial charge in [-0.3, -0.25) is 0 Å². The summed E-state index contributed by atoms with van der Waals surface area (Å²) in [6, 6.07) is 13.9. The number of morpholine rings is 1. The smallest absolute Gasteiger partial charge is 0.162 e. The molecular formula is C22H25N3O3. The first kappa shape index (κ1) is 18.5. The van der Waals surface area contributed by atoms with Gasteiger partial charge in [-0.1, -0.05) is 30.3 Å². The van der Waals surface area contributed by atoms with E-state index < -0.39 is 0 Å². The van der Waals surface area contributed by atoms with Crippen LogP contribution >= 0.6 is 0 Å². The lowest BCUT2D eigenvalue weighted by Crippen LogP contribution is -2.46. The molecule has 0 saturated carbocycles. The highest BCUT2D eigenvalue weighted by atomic mass is 16.5. The van der Waals surface area contributed by atoms with Crippen molar-refractivity contribution in [1.82, 2.24) is 9.97 Å². The third-order valence-electron chi connectivity index (χ3n) is 4.93. The molecule has 6 heteroatoms. The van der Waals surface area contributed by atoms with E-state index in [0.717, 1.165) is 35.4 Å². The minimum atomic E-state index is 0.133. The van der Waals surface area contributed by atoms with Gasteiger partial charge in [0.1, 0.15) is 5.82 Å². The maximum Gasteiger partial charge on any atom is 0.162 e. The van der Waals surface area contributed by atoms with E-state index in [0.29, 0.717) is 17.3 Å². The molecule has 0 aliphatic carbocycles. The fourth-order valence-electron chi connectivity index (χ4n) is 3.75. The molecule has 6 nitrogen and oxygen atoms in total. The van der Waals surface area contributed by atoms with Gasteiger partial charge >= 0.3 is 0 Å². The normalized spacial score (nSPS) is 19.6. The number of fused-ring (bicyclic) bond motifs is 1. The molecule has 3 aromatic rings. The van der Waals surface area contributed by atoms with E-state index in [4.69, 9.17) is 24.2 Å². The maximum atomic E-state index is 5.92. The molecule has 1 saturated heterocycles. The Balaban J connectivity index is 1.94. The van der Waals surface area contributed by atoms with E-state index in [1.165, 1.54) is 0 Å². The van der Waals surface area contributed by atoms with Gasteiger partial charge in [-0.05, 0) is 19.9 Å². The topological polar surface area (TPSA) is 56.7 Å². The summed E-state index contributed by atoms with van der Waals surface area (Å²) in [4.78, 5) is 12.1. The van der Waals surface area contributed by atoms with Crippen LogP contribution in [0.25, 0.3) is 22.3 Å². The standard InChI is InChI=1S/C22H25N3O3/c1-14-12-25(13-15(2)28-14)22-17-10-19(26-3)20(27-4)11-18(17)23-21(24-22)16-8-6-5-7-9-16/h5-11,14-15H,12-13H2,1-4H3. The molecule has 1 aliphatic rings. The molecule has 1 aliphatic heterocycles. The molecule has 2 atom stereocenters. The van der Waals surface area contributed by atoms with Crippen molar-refractivity contribution in [2.45, 2.75) is 26.1 Å². The van der Waals surface area contributed by atoms with E-state index in [1.54, 1.807) is 14.2 Å². The lowest BCUT2D eigenvalue weighted by Gasteiger charge is -2.36. The van der Waals surface area contributed by atoms with Gasteiger partial charge in [0, 0.05) is 30.1 Å². The highest BCUT2D eigenvalue weighted by Crippen LogP contribution is 2.37. The van der Waals surface area contributed by atoms with Crippen molar-refractivity contribution in [3.05, 3.63) is 42.5 Å². The Morgan fingerprint density at radius 3 is 2.21 bits per heavy atom. The van der Waals surface area contributed by atoms with E-state index in [2.05, 4.69) is 18.7 Å². The second kappa shape index (κ2) is 7.64. The van der Waals surface area contributed by atoms with Crippen molar-refractivity contribution in [3.8, 4) is 22.9 Å². The fraction of sp³-hybridized carbons (Fsp3) is 0.364. The first-order valence-corrected chi connectivity index (χ1v) is 9.48. The largest absolute Gasteiger partial charge is 0.493 e. The summed E-state index contributed by atoms with van der Waals surface area (Å²) in [7, 11) is 3.27. The zero-order valence-electron chi connectivity index (χ0n) is 16.7. The van der Waals surface area contributed by atoms with Gasteiger partial charge in [0.2, 0.25) is 0 Å². The number of rotatable bonds is 4. The number of anilines is 1. The van der Waals surface area contributed by atoms with Crippen molar-refractivity contribution in [1.29, 1.82) is 0 Å². The zero-order chi connectivity index (χ0) is 19.7. The summed E-state index contributed by atoms with van der Waals surface area (Å²) in [5.74, 6) is 2.91. The van der Waals surface area contributed by atoms with E-state index in [1.807, 2.05) is 42.5 Å². The Hall–Kier alpha value is -2.86. The third-order valence-corrected chi connectivity index (χ3v) is 4.93. The van der Waals surface area contributed by atoms with Crippen LogP contribution in [-0.4, -0.2) is 49.5 Å². The zero-order valence-corrected chi connectivity index (χ0v) is 16.7. The van der Waals surface area contributed by atoms with Gasteiger partial charge in [0.15, 0.2) is 17.3 Å². The number of hydrogen-bond acceptors (Lipinski definition) is 6. The molecule has 1 aromatic heterocycles. The Bertz CT molecular complexity index is 968. The summed E-state index contributed by atoms with van der Waals surface area (Å²) < 4.78 is 16.9. The maximum absolute atomic E-state index is 5.92. The number of aromatic nitrogens is 2. The van der Waals surface area contributed by atoms with E-state index in [9.17, 15) is 0 Å². The summed E-state index contributed by atoms with van der Waals surface area (Å²) in [6.07, 6.45) is 0.267. The molecule has 2 heterocycles. The van der Waals surface area contributed by atoms with Crippen LogP contribution in [-0.2, 0) is 4.74 Å². The van der Waals surface area contributed by atoms with Crippen molar-refractivity contribution < 1.29 is 14.2 Å². The number of methoxy groups -OCH3 is 2. The van der Waals surface area contributed by atoms with Crippen LogP contribution in [0.4, 0.5) is 5.82 Å². The SMILES string of the molecule is COc1cc2nc(-c3ccccc3)nc(N3CC(C)OC(C)C3)c2cc1OC. The van der Waals surface area contributed by atoms with Crippen molar-refractivity contribution in [3.63, 3.8) is 0 Å². The number of benzene rings is 2. The Morgan fingerprint density at radius 1 is 0.929 bits per heavy atom. The minimum Gasteiger partial charge on any atom is -0.493 e. The number of hydrogen-bond donors (Lipinski definition) is 0. The van der Waals surface area contributed by atoms with E-state index in [-0.39, 0.29) is 12.2 Å². The number of ether oxygens (including phenoxy) is 3. The molecule has 2 aromatic carbocycles. The van der Waals surface area contributed by atoms with Gasteiger partial charge in [-0.2, -0.15) is 0 Å². The molecule has 0 N–H and O–H groups in total. The Kier molecular flexibility index (Phi) is 5.05. The van der Waals surface area contributed by atoms with Crippen LogP contribution < -0.4 is 14.4 Å². The molecule has 0 amide bonds. The highest BCUT2D eigenvalue weighted by molar-refractivity contribution is 5.93. The summed E-state index contributed by atoms with van der Waals surface area (Å²) in [5, 5.41) is 0.943. The fourth-order valence-corrected chi connectivity index (χ4v) is 3.75. The van der Waals surface area contributed by atoms with Gasteiger partial charge in [-0.15, -0.1) is 0 Å². The molecule has 146 valence electrons. The van der Waals surface area contributed by atoms with Crippen LogP contribution in [0, 0.1) is 0 Å². The first-order valence-electron chi connectivity index (χ1n) is 9.48. The predicted octanol–water partition coefficient (Wildman–Crippen LogP) is 3.93. The lowest BCUT2D eigenvalue weighted by atomic mass is 10.1. The minimum absolute atomic E-state index is 0.133. The lowest BCUT2D eigenvalue weighted by molar-refractivity contribution is -0.00536. The van der Waals surface area contributed by atoms with Crippen LogP contribution in [0.15, 0.2) is 42.5 Å². The quantitative estimate of drug-likeness (QED) is 0.685. The molecule has 0 spiro atoms. The van der Waals surface area contributed by atoms with Gasteiger partial charge in [0.05, 0.1) is 31.9 Å². The molecular weight excluding hydrogens is 354 g/mol. The molecule has 4 rings (SSSR count). The molecule has 1 fully saturated rings. The van der Waals surface area contributed by atoms with Crippen LogP contribution in [0.2, 0.25) is 0 Å². The summed E-state index contributed by atoms with van der Waals surface area (Å²) >= 11 is 0. The molecule has 0 bridgehead atoms. The molecule has 2 unspecified atom stereocenters. The Labute approximate surface area is 165 Å². The average molecular weight is 379 g/mol. The van der Waals surface area contributed by atoms with Gasteiger partial charge in [0.25, 0.3) is 0 Å². The number of nitrogens with zero attached hydrogens (tertiary/aromatic N) is 3. The molecule has 28 heavy (non-hydrogen) atoms. The van der Waals surface area contributed by atoms with Crippen molar-refractivity contribution in [2.24, 2.45) is 0 Å². The monoisotopic (exact) mass is 379 g/mol. The van der Waals surface area contributed by atoms with Crippen LogP contribution in [0.5, 0.6) is 11.5 Å². The first-order chi connectivity index (χ1) is 13.6. The van der Waals surface area contributed by atoms with Gasteiger partial charge in [-0.25, -0.2) is 9.97 Å².